The number of nitrogens with zero attached hydrogens (tertiary/aromatic N) is 3. The molecular formula is C27H34N4O2. The molecule has 1 saturated heterocycles. The van der Waals surface area contributed by atoms with Crippen molar-refractivity contribution >= 4 is 16.8 Å². The molecule has 174 valence electrons. The van der Waals surface area contributed by atoms with Crippen molar-refractivity contribution in [3.05, 3.63) is 66.1 Å². The second kappa shape index (κ2) is 9.87. The minimum absolute atomic E-state index is 0.0573. The summed E-state index contributed by atoms with van der Waals surface area (Å²) in [6, 6.07) is 16.0. The molecule has 0 aliphatic carbocycles. The summed E-state index contributed by atoms with van der Waals surface area (Å²) in [5, 5.41) is 4.39. The lowest BCUT2D eigenvalue weighted by molar-refractivity contribution is -0.130. The molecule has 33 heavy (non-hydrogen) atoms. The van der Waals surface area contributed by atoms with Crippen molar-refractivity contribution < 1.29 is 9.53 Å². The fraction of sp³-hybridized carbons (Fsp3) is 0.444. The van der Waals surface area contributed by atoms with E-state index in [-0.39, 0.29) is 11.9 Å². The largest absolute Gasteiger partial charge is 0.497 e. The van der Waals surface area contributed by atoms with Crippen LogP contribution in [-0.4, -0.2) is 41.0 Å². The predicted molar refractivity (Wildman–Crippen MR) is 131 cm³/mol. The van der Waals surface area contributed by atoms with Crippen LogP contribution in [0.3, 0.4) is 0 Å². The van der Waals surface area contributed by atoms with E-state index >= 15 is 0 Å². The van der Waals surface area contributed by atoms with Gasteiger partial charge >= 0.3 is 0 Å². The smallest absolute Gasteiger partial charge is 0.225 e. The monoisotopic (exact) mass is 446 g/mol. The first kappa shape index (κ1) is 23.2. The standard InChI is InChI=1S/C27H34N4O2/c1-27(2,3)26(32)30-25(24-9-5-6-14-28-24)20-8-7-15-31(17-20)18-21-11-10-19-16-22(33-4)12-13-23(19)29-21/h5-6,9-14,16,20,25H,7-8,15,17-18H2,1-4H3,(H,30,32). The fourth-order valence-corrected chi connectivity index (χ4v) is 4.45. The molecule has 0 spiro atoms. The zero-order valence-electron chi connectivity index (χ0n) is 20.0. The molecule has 3 aromatic rings. The van der Waals surface area contributed by atoms with Gasteiger partial charge in [0, 0.05) is 30.1 Å². The Hall–Kier alpha value is -2.99. The number of likely N-dealkylation sites (tertiary alicyclic amines) is 1. The van der Waals surface area contributed by atoms with Crippen molar-refractivity contribution in [3.8, 4) is 5.75 Å². The predicted octanol–water partition coefficient (Wildman–Crippen LogP) is 4.75. The lowest BCUT2D eigenvalue weighted by Crippen LogP contribution is -2.45. The van der Waals surface area contributed by atoms with E-state index in [9.17, 15) is 4.79 Å². The molecule has 0 radical (unpaired) electrons. The first-order chi connectivity index (χ1) is 15.8. The Morgan fingerprint density at radius 3 is 2.79 bits per heavy atom. The van der Waals surface area contributed by atoms with Gasteiger partial charge in [-0.2, -0.15) is 0 Å². The van der Waals surface area contributed by atoms with Crippen molar-refractivity contribution in [2.75, 3.05) is 20.2 Å². The van der Waals surface area contributed by atoms with Gasteiger partial charge in [0.25, 0.3) is 0 Å². The molecule has 1 aliphatic rings. The van der Waals surface area contributed by atoms with E-state index in [0.29, 0.717) is 5.92 Å². The maximum Gasteiger partial charge on any atom is 0.225 e. The molecule has 0 bridgehead atoms. The number of methoxy groups -OCH3 is 1. The number of hydrogen-bond donors (Lipinski definition) is 1. The summed E-state index contributed by atoms with van der Waals surface area (Å²) in [5.41, 5.74) is 2.52. The zero-order chi connectivity index (χ0) is 23.4. The highest BCUT2D eigenvalue weighted by atomic mass is 16.5. The normalized spacial score (nSPS) is 18.1. The van der Waals surface area contributed by atoms with Gasteiger partial charge in [0.15, 0.2) is 0 Å². The number of hydrogen-bond acceptors (Lipinski definition) is 5. The van der Waals surface area contributed by atoms with E-state index < -0.39 is 5.41 Å². The van der Waals surface area contributed by atoms with Crippen LogP contribution < -0.4 is 10.1 Å². The first-order valence-corrected chi connectivity index (χ1v) is 11.7. The van der Waals surface area contributed by atoms with Gasteiger partial charge in [-0.05, 0) is 61.7 Å². The van der Waals surface area contributed by atoms with Crippen molar-refractivity contribution in [3.63, 3.8) is 0 Å². The van der Waals surface area contributed by atoms with Crippen molar-refractivity contribution in [2.24, 2.45) is 11.3 Å². The zero-order valence-corrected chi connectivity index (χ0v) is 20.0. The van der Waals surface area contributed by atoms with Crippen LogP contribution in [0.2, 0.25) is 0 Å². The van der Waals surface area contributed by atoms with Gasteiger partial charge in [-0.3, -0.25) is 19.7 Å². The van der Waals surface area contributed by atoms with Crippen LogP contribution in [0.25, 0.3) is 10.9 Å². The van der Waals surface area contributed by atoms with Gasteiger partial charge in [0.1, 0.15) is 5.75 Å². The third-order valence-electron chi connectivity index (χ3n) is 6.33. The van der Waals surface area contributed by atoms with Crippen LogP contribution in [0.1, 0.15) is 51.0 Å². The Bertz CT molecular complexity index is 1090. The number of rotatable bonds is 6. The Balaban J connectivity index is 1.50. The molecule has 2 unspecified atom stereocenters. The van der Waals surface area contributed by atoms with Gasteiger partial charge < -0.3 is 10.1 Å². The van der Waals surface area contributed by atoms with Crippen LogP contribution in [0, 0.1) is 11.3 Å². The van der Waals surface area contributed by atoms with Gasteiger partial charge in [-0.1, -0.05) is 32.9 Å². The molecule has 2 atom stereocenters. The number of nitrogens with one attached hydrogen (secondary N) is 1. The third-order valence-corrected chi connectivity index (χ3v) is 6.33. The molecule has 6 heteroatoms. The van der Waals surface area contributed by atoms with Gasteiger partial charge in [-0.25, -0.2) is 0 Å². The molecule has 1 aromatic carbocycles. The molecule has 0 saturated carbocycles. The molecule has 6 nitrogen and oxygen atoms in total. The first-order valence-electron chi connectivity index (χ1n) is 11.7. The average molecular weight is 447 g/mol. The molecular weight excluding hydrogens is 412 g/mol. The number of aromatic nitrogens is 2. The van der Waals surface area contributed by atoms with Crippen molar-refractivity contribution in [1.82, 2.24) is 20.2 Å². The van der Waals surface area contributed by atoms with E-state index in [0.717, 1.165) is 60.5 Å². The number of carbonyl (C=O) groups is 1. The lowest BCUT2D eigenvalue weighted by atomic mass is 9.86. The van der Waals surface area contributed by atoms with E-state index in [4.69, 9.17) is 9.72 Å². The van der Waals surface area contributed by atoms with E-state index in [2.05, 4.69) is 27.3 Å². The number of fused-ring (bicyclic) bond motifs is 1. The van der Waals surface area contributed by atoms with Crippen LogP contribution in [0.5, 0.6) is 5.75 Å². The van der Waals surface area contributed by atoms with Crippen LogP contribution in [-0.2, 0) is 11.3 Å². The summed E-state index contributed by atoms with van der Waals surface area (Å²) >= 11 is 0. The highest BCUT2D eigenvalue weighted by Crippen LogP contribution is 2.31. The SMILES string of the molecule is COc1ccc2nc(CN3CCCC(C(NC(=O)C(C)(C)C)c4ccccn4)C3)ccc2c1. The Kier molecular flexibility index (Phi) is 6.94. The van der Waals surface area contributed by atoms with Crippen LogP contribution in [0.4, 0.5) is 0 Å². The molecule has 1 aliphatic heterocycles. The summed E-state index contributed by atoms with van der Waals surface area (Å²) in [6.07, 6.45) is 3.96. The Labute approximate surface area is 196 Å². The van der Waals surface area contributed by atoms with Gasteiger partial charge in [-0.15, -0.1) is 0 Å². The van der Waals surface area contributed by atoms with Gasteiger partial charge in [0.2, 0.25) is 5.91 Å². The third kappa shape index (κ3) is 5.69. The number of benzene rings is 1. The number of piperidine rings is 1. The summed E-state index contributed by atoms with van der Waals surface area (Å²) in [6.45, 7) is 8.57. The van der Waals surface area contributed by atoms with Crippen molar-refractivity contribution in [2.45, 2.75) is 46.2 Å². The highest BCUT2D eigenvalue weighted by molar-refractivity contribution is 5.82. The average Bonchev–Trinajstić information content (AvgIpc) is 2.82. The highest BCUT2D eigenvalue weighted by Gasteiger charge is 2.33. The summed E-state index contributed by atoms with van der Waals surface area (Å²) < 4.78 is 5.32. The second-order valence-corrected chi connectivity index (χ2v) is 9.95. The molecule has 4 rings (SSSR count). The summed E-state index contributed by atoms with van der Waals surface area (Å²) in [4.78, 5) is 24.8. The molecule has 1 amide bonds. The van der Waals surface area contributed by atoms with Gasteiger partial charge in [0.05, 0.1) is 30.1 Å². The Morgan fingerprint density at radius 1 is 1.21 bits per heavy atom. The lowest BCUT2D eigenvalue weighted by Gasteiger charge is -2.37. The maximum absolute atomic E-state index is 12.9. The van der Waals surface area contributed by atoms with Crippen LogP contribution in [0.15, 0.2) is 54.7 Å². The second-order valence-electron chi connectivity index (χ2n) is 9.95. The number of amides is 1. The Morgan fingerprint density at radius 2 is 2.06 bits per heavy atom. The summed E-state index contributed by atoms with van der Waals surface area (Å²) in [5.74, 6) is 1.19. The van der Waals surface area contributed by atoms with Crippen molar-refractivity contribution in [1.29, 1.82) is 0 Å². The van der Waals surface area contributed by atoms with E-state index in [1.165, 1.54) is 0 Å². The fourth-order valence-electron chi connectivity index (χ4n) is 4.45. The molecule has 3 heterocycles. The maximum atomic E-state index is 12.9. The molecule has 1 fully saturated rings. The van der Waals surface area contributed by atoms with E-state index in [1.54, 1.807) is 13.3 Å². The minimum atomic E-state index is -0.445. The molecule has 2 aromatic heterocycles. The van der Waals surface area contributed by atoms with Crippen LogP contribution >= 0.6 is 0 Å². The number of pyridine rings is 2. The minimum Gasteiger partial charge on any atom is -0.497 e. The quantitative estimate of drug-likeness (QED) is 0.592. The number of ether oxygens (including phenoxy) is 1. The topological polar surface area (TPSA) is 67.3 Å². The summed E-state index contributed by atoms with van der Waals surface area (Å²) in [7, 11) is 1.68. The molecule has 1 N–H and O–H groups in total. The number of carbonyl (C=O) groups excluding carboxylic acids is 1. The van der Waals surface area contributed by atoms with E-state index in [1.807, 2.05) is 57.2 Å².